The summed E-state index contributed by atoms with van der Waals surface area (Å²) in [5, 5.41) is 2.93. The Morgan fingerprint density at radius 1 is 1.06 bits per heavy atom. The lowest BCUT2D eigenvalue weighted by molar-refractivity contribution is -0.129. The second kappa shape index (κ2) is 9.05. The highest BCUT2D eigenvalue weighted by Crippen LogP contribution is 2.38. The molecular weight excluding hydrogens is 451 g/mol. The maximum atomic E-state index is 15.3. The average molecular weight is 479 g/mol. The highest BCUT2D eigenvalue weighted by Gasteiger charge is 2.29. The number of anilines is 2. The van der Waals surface area contributed by atoms with Crippen LogP contribution in [0.5, 0.6) is 5.75 Å². The van der Waals surface area contributed by atoms with Crippen molar-refractivity contribution in [3.8, 4) is 5.75 Å². The molecule has 0 bridgehead atoms. The number of hydrogen-bond donors (Lipinski definition) is 1. The van der Waals surface area contributed by atoms with E-state index in [1.165, 1.54) is 13.0 Å². The molecule has 1 aromatic heterocycles. The number of nitrogens with one attached hydrogen (secondary N) is 1. The molecule has 2 amide bonds. The summed E-state index contributed by atoms with van der Waals surface area (Å²) >= 11 is 0. The molecule has 2 heterocycles. The van der Waals surface area contributed by atoms with E-state index in [2.05, 4.69) is 5.32 Å². The van der Waals surface area contributed by atoms with E-state index in [1.807, 2.05) is 9.47 Å². The van der Waals surface area contributed by atoms with Crippen molar-refractivity contribution in [2.75, 3.05) is 43.5 Å². The van der Waals surface area contributed by atoms with Crippen molar-refractivity contribution in [3.05, 3.63) is 64.2 Å². The number of carbonyl (C=O) groups is 2. The summed E-state index contributed by atoms with van der Waals surface area (Å²) < 4.78 is 22.3. The first-order valence-electron chi connectivity index (χ1n) is 11.7. The SMILES string of the molecule is COc1ccc(NC(=O)c2cn(C3CC3)c3cc(N4CCN(C(C)=O)CC4)c(F)cc3c2=O)cc1. The van der Waals surface area contributed by atoms with Crippen molar-refractivity contribution >= 4 is 34.1 Å². The fraction of sp³-hybridized carbons (Fsp3) is 0.346. The quantitative estimate of drug-likeness (QED) is 0.608. The zero-order valence-electron chi connectivity index (χ0n) is 19.7. The van der Waals surface area contributed by atoms with Crippen molar-refractivity contribution < 1.29 is 18.7 Å². The summed E-state index contributed by atoms with van der Waals surface area (Å²) in [5.41, 5.74) is 1.02. The molecule has 8 nitrogen and oxygen atoms in total. The van der Waals surface area contributed by atoms with Gasteiger partial charge in [0.05, 0.1) is 18.3 Å². The number of amides is 2. The predicted molar refractivity (Wildman–Crippen MR) is 132 cm³/mol. The minimum Gasteiger partial charge on any atom is -0.497 e. The Kier molecular flexibility index (Phi) is 5.92. The van der Waals surface area contributed by atoms with Gasteiger partial charge >= 0.3 is 0 Å². The van der Waals surface area contributed by atoms with Crippen LogP contribution < -0.4 is 20.4 Å². The van der Waals surface area contributed by atoms with Gasteiger partial charge in [0.1, 0.15) is 17.1 Å². The number of carbonyl (C=O) groups excluding carboxylic acids is 2. The molecule has 2 aromatic carbocycles. The van der Waals surface area contributed by atoms with Gasteiger partial charge < -0.3 is 24.4 Å². The molecule has 9 heteroatoms. The molecular formula is C26H27FN4O4. The number of methoxy groups -OCH3 is 1. The van der Waals surface area contributed by atoms with Gasteiger partial charge in [-0.15, -0.1) is 0 Å². The smallest absolute Gasteiger partial charge is 0.261 e. The van der Waals surface area contributed by atoms with E-state index in [9.17, 15) is 14.4 Å². The zero-order chi connectivity index (χ0) is 24.7. The number of rotatable bonds is 5. The lowest BCUT2D eigenvalue weighted by Gasteiger charge is -2.36. The molecule has 1 aliphatic carbocycles. The predicted octanol–water partition coefficient (Wildman–Crippen LogP) is 3.40. The maximum Gasteiger partial charge on any atom is 0.261 e. The number of piperazine rings is 1. The third kappa shape index (κ3) is 4.45. The Balaban J connectivity index is 1.50. The van der Waals surface area contributed by atoms with E-state index < -0.39 is 17.2 Å². The van der Waals surface area contributed by atoms with Gasteiger partial charge in [-0.3, -0.25) is 14.4 Å². The monoisotopic (exact) mass is 478 g/mol. The van der Waals surface area contributed by atoms with Crippen molar-refractivity contribution in [2.45, 2.75) is 25.8 Å². The van der Waals surface area contributed by atoms with Crippen LogP contribution in [-0.4, -0.2) is 54.6 Å². The second-order valence-corrected chi connectivity index (χ2v) is 9.01. The van der Waals surface area contributed by atoms with Crippen LogP contribution in [0.25, 0.3) is 10.9 Å². The van der Waals surface area contributed by atoms with E-state index in [4.69, 9.17) is 4.74 Å². The molecule has 1 aliphatic heterocycles. The Labute approximate surface area is 201 Å². The third-order valence-electron chi connectivity index (χ3n) is 6.70. The highest BCUT2D eigenvalue weighted by molar-refractivity contribution is 6.06. The minimum absolute atomic E-state index is 0.00616. The number of aromatic nitrogens is 1. The standard InChI is InChI=1S/C26H27FN4O4/c1-16(32)29-9-11-30(12-10-29)24-14-23-20(13-22(24)27)25(33)21(15-31(23)18-5-6-18)26(34)28-17-3-7-19(35-2)8-4-17/h3-4,7-8,13-15,18H,5-6,9-12H2,1-2H3,(H,28,34). The minimum atomic E-state index is -0.540. The first kappa shape index (κ1) is 22.9. The number of pyridine rings is 1. The van der Waals surface area contributed by atoms with Gasteiger partial charge in [0.25, 0.3) is 5.91 Å². The molecule has 2 fully saturated rings. The summed E-state index contributed by atoms with van der Waals surface area (Å²) in [6, 6.07) is 9.92. The van der Waals surface area contributed by atoms with Gasteiger partial charge in [0.2, 0.25) is 11.3 Å². The normalized spacial score (nSPS) is 15.9. The van der Waals surface area contributed by atoms with Crippen molar-refractivity contribution in [1.29, 1.82) is 0 Å². The molecule has 2 aliphatic rings. The van der Waals surface area contributed by atoms with Gasteiger partial charge in [-0.2, -0.15) is 0 Å². The van der Waals surface area contributed by atoms with Gasteiger partial charge in [-0.25, -0.2) is 4.39 Å². The fourth-order valence-electron chi connectivity index (χ4n) is 4.55. The van der Waals surface area contributed by atoms with Crippen LogP contribution in [0.3, 0.4) is 0 Å². The van der Waals surface area contributed by atoms with Crippen molar-refractivity contribution in [3.63, 3.8) is 0 Å². The summed E-state index contributed by atoms with van der Waals surface area (Å²) in [7, 11) is 1.56. The highest BCUT2D eigenvalue weighted by atomic mass is 19.1. The largest absolute Gasteiger partial charge is 0.497 e. The van der Waals surface area contributed by atoms with Crippen LogP contribution in [0, 0.1) is 5.82 Å². The van der Waals surface area contributed by atoms with Gasteiger partial charge in [-0.1, -0.05) is 0 Å². The van der Waals surface area contributed by atoms with Crippen LogP contribution in [0.1, 0.15) is 36.2 Å². The van der Waals surface area contributed by atoms with Crippen LogP contribution in [-0.2, 0) is 4.79 Å². The summed E-state index contributed by atoms with van der Waals surface area (Å²) in [4.78, 5) is 41.6. The number of hydrogen-bond acceptors (Lipinski definition) is 5. The average Bonchev–Trinajstić information content (AvgIpc) is 3.70. The Hall–Kier alpha value is -3.88. The van der Waals surface area contributed by atoms with Gasteiger partial charge in [0.15, 0.2) is 0 Å². The van der Waals surface area contributed by atoms with Crippen molar-refractivity contribution in [1.82, 2.24) is 9.47 Å². The molecule has 1 saturated carbocycles. The molecule has 182 valence electrons. The van der Waals surface area contributed by atoms with E-state index in [-0.39, 0.29) is 22.9 Å². The number of halogens is 1. The summed E-state index contributed by atoms with van der Waals surface area (Å²) in [6.07, 6.45) is 3.46. The van der Waals surface area contributed by atoms with E-state index >= 15 is 4.39 Å². The van der Waals surface area contributed by atoms with Crippen molar-refractivity contribution in [2.24, 2.45) is 0 Å². The molecule has 0 radical (unpaired) electrons. The zero-order valence-corrected chi connectivity index (χ0v) is 19.7. The fourth-order valence-corrected chi connectivity index (χ4v) is 4.55. The molecule has 0 unspecified atom stereocenters. The lowest BCUT2D eigenvalue weighted by Crippen LogP contribution is -2.48. The van der Waals surface area contributed by atoms with E-state index in [1.54, 1.807) is 48.5 Å². The summed E-state index contributed by atoms with van der Waals surface area (Å²) in [6.45, 7) is 3.60. The number of nitrogens with zero attached hydrogens (tertiary/aromatic N) is 3. The molecule has 0 atom stereocenters. The topological polar surface area (TPSA) is 83.9 Å². The first-order chi connectivity index (χ1) is 16.9. The van der Waals surface area contributed by atoms with Crippen LogP contribution in [0.4, 0.5) is 15.8 Å². The first-order valence-corrected chi connectivity index (χ1v) is 11.7. The van der Waals surface area contributed by atoms with Crippen LogP contribution in [0.15, 0.2) is 47.4 Å². The Morgan fingerprint density at radius 3 is 2.34 bits per heavy atom. The number of ether oxygens (including phenoxy) is 1. The molecule has 1 N–H and O–H groups in total. The van der Waals surface area contributed by atoms with Crippen LogP contribution in [0.2, 0.25) is 0 Å². The molecule has 1 saturated heterocycles. The Bertz CT molecular complexity index is 1360. The van der Waals surface area contributed by atoms with Gasteiger partial charge in [-0.05, 0) is 49.2 Å². The second-order valence-electron chi connectivity index (χ2n) is 9.01. The van der Waals surface area contributed by atoms with Crippen LogP contribution >= 0.6 is 0 Å². The molecule has 3 aromatic rings. The summed E-state index contributed by atoms with van der Waals surface area (Å²) in [5.74, 6) is -0.396. The maximum absolute atomic E-state index is 15.3. The Morgan fingerprint density at radius 2 is 1.74 bits per heavy atom. The van der Waals surface area contributed by atoms with E-state index in [0.717, 1.165) is 12.8 Å². The third-order valence-corrected chi connectivity index (χ3v) is 6.70. The molecule has 35 heavy (non-hydrogen) atoms. The van der Waals surface area contributed by atoms with Gasteiger partial charge in [0, 0.05) is 56.4 Å². The number of fused-ring (bicyclic) bond motifs is 1. The molecule has 0 spiro atoms. The number of benzene rings is 2. The molecule has 5 rings (SSSR count). The lowest BCUT2D eigenvalue weighted by atomic mass is 10.1. The van der Waals surface area contributed by atoms with E-state index in [0.29, 0.717) is 48.8 Å².